The van der Waals surface area contributed by atoms with Gasteiger partial charge in [0.2, 0.25) is 8.42 Å². The van der Waals surface area contributed by atoms with Crippen LogP contribution in [0.4, 0.5) is 193 Å². The molecule has 14 rings (SSSR count). The van der Waals surface area contributed by atoms with Crippen LogP contribution in [0.5, 0.6) is 0 Å². The van der Waals surface area contributed by atoms with E-state index in [4.69, 9.17) is 0 Å². The molecule has 0 unspecified atom stereocenters. The Labute approximate surface area is 715 Å². The number of thiophene rings is 2. The third kappa shape index (κ3) is 16.1. The summed E-state index contributed by atoms with van der Waals surface area (Å²) in [5.74, 6) is -144. The minimum absolute atomic E-state index is 0.299. The summed E-state index contributed by atoms with van der Waals surface area (Å²) >= 11 is 4.98. The zero-order valence-electron chi connectivity index (χ0n) is 61.4. The molecule has 0 bridgehead atoms. The van der Waals surface area contributed by atoms with Crippen molar-refractivity contribution < 1.29 is 193 Å². The Balaban J connectivity index is 0.000000178. The standard InChI is InChI=1S/C32H20F4S5.2C24BF20/c33-21-1-9-25(10-2-21)40(26-11-3-22(34)4-12-26)31-19-17-29(38-31)37-30-18-20-32(39-30)41(27-13-5-23(35)6-14-27)28-15-7-24(36)8-16-28;2*26-5-1(6(27)14(35)21(42)13(5)34)25(2-7(28)15(36)22(43)16(37)8(2)29,3-9(30)17(38)23(44)18(39)10(3)31)4-11(32)19(40)24(45)20(41)12(4)33/h1-20H;;/q+2;2*-1. The summed E-state index contributed by atoms with van der Waals surface area (Å²) in [6.07, 6.45) is -14.4. The van der Waals surface area contributed by atoms with Crippen LogP contribution in [0.1, 0.15) is 0 Å². The van der Waals surface area contributed by atoms with Crippen LogP contribution in [0, 0.1) is 256 Å². The van der Waals surface area contributed by atoms with Gasteiger partial charge in [-0.1, -0.05) is 34.4 Å². The van der Waals surface area contributed by atoms with E-state index >= 15 is 70.2 Å². The average molecular weight is 2000 g/mol. The summed E-state index contributed by atoms with van der Waals surface area (Å²) in [4.78, 5) is 3.82. The molecule has 0 saturated heterocycles. The highest BCUT2D eigenvalue weighted by Gasteiger charge is 2.56. The topological polar surface area (TPSA) is 0 Å². The van der Waals surface area contributed by atoms with Crippen molar-refractivity contribution in [1.82, 2.24) is 0 Å². The molecule has 0 saturated carbocycles. The largest absolute Gasteiger partial charge is 0.221 e. The molecule has 14 aromatic rings. The van der Waals surface area contributed by atoms with Gasteiger partial charge in [0, 0.05) is 12.1 Å². The molecule has 51 heteroatoms. The van der Waals surface area contributed by atoms with Crippen molar-refractivity contribution in [2.45, 2.75) is 36.4 Å². The lowest BCUT2D eigenvalue weighted by Crippen LogP contribution is -2.81. The molecule has 0 atom stereocenters. The molecule has 0 N–H and O–H groups in total. The quantitative estimate of drug-likeness (QED) is 0.0305. The van der Waals surface area contributed by atoms with Gasteiger partial charge in [-0.05, 0) is 109 Å². The predicted molar refractivity (Wildman–Crippen MR) is 381 cm³/mol. The second kappa shape index (κ2) is 37.1. The van der Waals surface area contributed by atoms with Crippen molar-refractivity contribution in [3.63, 3.8) is 0 Å². The van der Waals surface area contributed by atoms with Crippen molar-refractivity contribution in [3.8, 4) is 0 Å². The van der Waals surface area contributed by atoms with Crippen molar-refractivity contribution in [2.24, 2.45) is 0 Å². The summed E-state index contributed by atoms with van der Waals surface area (Å²) in [6.45, 7) is 0. The first-order valence-corrected chi connectivity index (χ1v) is 39.1. The Kier molecular flexibility index (Phi) is 27.8. The van der Waals surface area contributed by atoms with Gasteiger partial charge in [-0.3, -0.25) is 0 Å². The third-order valence-corrected chi connectivity index (χ3v) is 27.9. The van der Waals surface area contributed by atoms with Crippen molar-refractivity contribution in [1.29, 1.82) is 0 Å². The summed E-state index contributed by atoms with van der Waals surface area (Å²) < 4.78 is 647. The maximum atomic E-state index is 15.4. The van der Waals surface area contributed by atoms with Gasteiger partial charge in [0.05, 0.1) is 8.42 Å². The molecule has 0 aliphatic rings. The molecule has 131 heavy (non-hydrogen) atoms. The van der Waals surface area contributed by atoms with E-state index in [1.54, 1.807) is 83.0 Å². The van der Waals surface area contributed by atoms with Gasteiger partial charge in [-0.15, -0.1) is 43.7 Å². The number of rotatable bonds is 16. The van der Waals surface area contributed by atoms with Crippen LogP contribution in [0.25, 0.3) is 0 Å². The van der Waals surface area contributed by atoms with Gasteiger partial charge >= 0.3 is 0 Å². The molecule has 2 heterocycles. The van der Waals surface area contributed by atoms with Gasteiger partial charge < -0.3 is 0 Å². The minimum atomic E-state index is -7.22. The molecule has 0 aliphatic carbocycles. The molecule has 0 radical (unpaired) electrons. The van der Waals surface area contributed by atoms with Crippen LogP contribution in [0.3, 0.4) is 0 Å². The highest BCUT2D eigenvalue weighted by Crippen LogP contribution is 2.46. The van der Waals surface area contributed by atoms with E-state index in [-0.39, 0.29) is 23.3 Å². The Hall–Kier alpha value is -11.9. The highest BCUT2D eigenvalue weighted by molar-refractivity contribution is 8.04. The second-order valence-corrected chi connectivity index (χ2v) is 34.6. The normalized spacial score (nSPS) is 11.8. The van der Waals surface area contributed by atoms with Crippen molar-refractivity contribution in [3.05, 3.63) is 377 Å². The molecule has 2 aromatic heterocycles. The van der Waals surface area contributed by atoms with Crippen LogP contribution in [-0.2, 0) is 21.8 Å². The van der Waals surface area contributed by atoms with Gasteiger partial charge in [0.25, 0.3) is 0 Å². The Morgan fingerprint density at radius 3 is 0.382 bits per heavy atom. The lowest BCUT2D eigenvalue weighted by molar-refractivity contribution is 0.377. The molecule has 0 spiro atoms. The molecule has 0 aliphatic heterocycles. The lowest BCUT2D eigenvalue weighted by atomic mass is 9.12. The van der Waals surface area contributed by atoms with Crippen LogP contribution < -0.4 is 43.7 Å². The lowest BCUT2D eigenvalue weighted by Gasteiger charge is -2.44. The Morgan fingerprint density at radius 1 is 0.145 bits per heavy atom. The van der Waals surface area contributed by atoms with Crippen LogP contribution >= 0.6 is 34.4 Å². The summed E-state index contributed by atoms with van der Waals surface area (Å²) in [6, 6.07) is 34.2. The minimum Gasteiger partial charge on any atom is -0.207 e. The van der Waals surface area contributed by atoms with Crippen molar-refractivity contribution in [2.75, 3.05) is 0 Å². The second-order valence-electron chi connectivity index (χ2n) is 26.3. The zero-order valence-corrected chi connectivity index (χ0v) is 65.5. The first-order chi connectivity index (χ1) is 61.3. The van der Waals surface area contributed by atoms with Crippen LogP contribution in [0.2, 0.25) is 0 Å². The van der Waals surface area contributed by atoms with E-state index < -0.39 is 310 Å². The van der Waals surface area contributed by atoms with E-state index in [9.17, 15) is 123 Å². The van der Waals surface area contributed by atoms with E-state index in [2.05, 4.69) is 24.3 Å². The van der Waals surface area contributed by atoms with Gasteiger partial charge in [-0.2, -0.15) is 0 Å². The zero-order chi connectivity index (χ0) is 97.1. The number of halogens is 44. The predicted octanol–water partition coefficient (Wildman–Crippen LogP) is 22.4. The fourth-order valence-electron chi connectivity index (χ4n) is 13.8. The molecule has 0 nitrogen and oxygen atoms in total. The average Bonchev–Trinajstić information content (AvgIpc) is 0.783. The van der Waals surface area contributed by atoms with E-state index in [1.807, 2.05) is 0 Å². The van der Waals surface area contributed by atoms with Crippen LogP contribution in [-0.4, -0.2) is 12.3 Å². The van der Waals surface area contributed by atoms with E-state index in [0.717, 1.165) is 36.4 Å². The fourth-order valence-corrected chi connectivity index (χ4v) is 23.0. The highest BCUT2D eigenvalue weighted by atomic mass is 32.2. The molecular formula is C80H20B2F44S5. The molecule has 684 valence electrons. The number of hydrogen-bond acceptors (Lipinski definition) is 3. The first kappa shape index (κ1) is 98.2. The fraction of sp³-hybridized carbons (Fsp3) is 0. The van der Waals surface area contributed by atoms with Gasteiger partial charge in [0.15, 0.2) is 159 Å². The molecule has 12 aromatic carbocycles. The Bertz CT molecular complexity index is 5710. The SMILES string of the molecule is Fc1c(F)c(F)c([B-](c2c(F)c(F)c(F)c(F)c2F)(c2c(F)c(F)c(F)c(F)c2F)c2c(F)c(F)c(F)c(F)c2F)c(F)c1F.Fc1c(F)c(F)c([B-](c2c(F)c(F)c(F)c(F)c2F)(c2c(F)c(F)c(F)c(F)c2F)c2c(F)c(F)c(F)c(F)c2F)c(F)c1F.Fc1ccc([S+](c2ccc(F)cc2)c2ccc(Sc3ccc([S+](c4ccc(F)cc4)c4ccc(F)cc4)s3)s2)cc1. The summed E-state index contributed by atoms with van der Waals surface area (Å²) in [5.41, 5.74) is -28.7. The maximum Gasteiger partial charge on any atom is 0.221 e. The van der Waals surface area contributed by atoms with E-state index in [1.165, 1.54) is 48.5 Å². The first-order valence-electron chi connectivity index (χ1n) is 34.2. The maximum absolute atomic E-state index is 15.4. The van der Waals surface area contributed by atoms with Gasteiger partial charge in [-0.25, -0.2) is 193 Å². The third-order valence-electron chi connectivity index (χ3n) is 19.3. The Morgan fingerprint density at radius 2 is 0.260 bits per heavy atom. The number of benzene rings is 12. The van der Waals surface area contributed by atoms with E-state index in [0.29, 0.717) is 0 Å². The van der Waals surface area contributed by atoms with Gasteiger partial charge in [0.1, 0.15) is 150 Å². The smallest absolute Gasteiger partial charge is 0.207 e. The van der Waals surface area contributed by atoms with Crippen LogP contribution in [0.15, 0.2) is 158 Å². The molecule has 0 fully saturated rings. The summed E-state index contributed by atoms with van der Waals surface area (Å²) in [7, 11) is -1.02. The van der Waals surface area contributed by atoms with Crippen molar-refractivity contribution >= 4 is 112 Å². The monoisotopic (exact) mass is 2000 g/mol. The number of hydrogen-bond donors (Lipinski definition) is 0. The summed E-state index contributed by atoms with van der Waals surface area (Å²) in [5, 5.41) is 0. The molecule has 0 amide bonds. The molecular weight excluding hydrogens is 1980 g/mol.